The van der Waals surface area contributed by atoms with Gasteiger partial charge >= 0.3 is 17.1 Å². The molecule has 81 valence electrons. The molecule has 0 heterocycles. The van der Waals surface area contributed by atoms with Gasteiger partial charge in [-0.05, 0) is 0 Å². The maximum absolute atomic E-state index is 10.5. The molecule has 0 bridgehead atoms. The molecule has 13 heavy (non-hydrogen) atoms. The summed E-state index contributed by atoms with van der Waals surface area (Å²) in [5.74, 6) is -4.65. The number of hydrogen-bond donors (Lipinski definition) is 0. The van der Waals surface area contributed by atoms with Crippen molar-refractivity contribution in [1.82, 2.24) is 0 Å². The smallest absolute Gasteiger partial charge is 0.544 e. The van der Waals surface area contributed by atoms with Crippen molar-refractivity contribution in [3.8, 4) is 0 Å². The summed E-state index contributed by atoms with van der Waals surface area (Å²) >= 11 is 0. The van der Waals surface area contributed by atoms with E-state index in [0.717, 1.165) is 0 Å². The van der Waals surface area contributed by atoms with Crippen LogP contribution in [0.1, 0.15) is 0 Å². The Balaban J connectivity index is -0.000000143. The van der Waals surface area contributed by atoms with Crippen LogP contribution < -0.4 is 10.2 Å². The zero-order chi connectivity index (χ0) is 10.3. The standard InChI is InChI=1S/2C2H2F2O2.Cu/c2*3-1(4)2(5)6;/h2*1H,(H,5,6);/q;;+2/p-2. The van der Waals surface area contributed by atoms with Gasteiger partial charge < -0.3 is 19.8 Å². The Morgan fingerprint density at radius 2 is 0.923 bits per heavy atom. The number of carbonyl (C=O) groups is 2. The molecule has 0 atom stereocenters. The second-order valence-corrected chi connectivity index (χ2v) is 1.24. The third-order valence-corrected chi connectivity index (χ3v) is 0.356. The van der Waals surface area contributed by atoms with Gasteiger partial charge in [-0.2, -0.15) is 0 Å². The molecule has 0 unspecified atom stereocenters. The summed E-state index contributed by atoms with van der Waals surface area (Å²) in [6, 6.07) is 0. The van der Waals surface area contributed by atoms with Crippen molar-refractivity contribution >= 4 is 11.9 Å². The number of rotatable bonds is 2. The molecule has 0 saturated carbocycles. The molecular formula is C4H2CuF4O4. The first-order valence-corrected chi connectivity index (χ1v) is 2.27. The van der Waals surface area contributed by atoms with E-state index >= 15 is 0 Å². The van der Waals surface area contributed by atoms with Crippen LogP contribution in [0.5, 0.6) is 0 Å². The minimum absolute atomic E-state index is 0. The molecule has 0 fully saturated rings. The average molecular weight is 254 g/mol. The van der Waals surface area contributed by atoms with E-state index in [4.69, 9.17) is 19.8 Å². The molecule has 1 radical (unpaired) electrons. The van der Waals surface area contributed by atoms with Crippen molar-refractivity contribution in [1.29, 1.82) is 0 Å². The second kappa shape index (κ2) is 9.27. The van der Waals surface area contributed by atoms with Crippen LogP contribution in [0.4, 0.5) is 17.6 Å². The predicted octanol–water partition coefficient (Wildman–Crippen LogP) is -2.00. The van der Waals surface area contributed by atoms with Crippen LogP contribution in [0.15, 0.2) is 0 Å². The van der Waals surface area contributed by atoms with E-state index in [-0.39, 0.29) is 17.1 Å². The molecule has 9 heteroatoms. The molecule has 0 aromatic rings. The molecule has 0 aromatic carbocycles. The molecule has 0 aliphatic carbocycles. The van der Waals surface area contributed by atoms with E-state index < -0.39 is 24.8 Å². The third kappa shape index (κ3) is 18.3. The van der Waals surface area contributed by atoms with Gasteiger partial charge in [0.15, 0.2) is 0 Å². The molecule has 0 N–H and O–H groups in total. The largest absolute Gasteiger partial charge is 2.00 e. The van der Waals surface area contributed by atoms with E-state index in [9.17, 15) is 17.6 Å². The van der Waals surface area contributed by atoms with Crippen LogP contribution in [0.25, 0.3) is 0 Å². The fraction of sp³-hybridized carbons (Fsp3) is 0.500. The van der Waals surface area contributed by atoms with Gasteiger partial charge in [-0.3, -0.25) is 0 Å². The summed E-state index contributed by atoms with van der Waals surface area (Å²) in [6.45, 7) is 0. The van der Waals surface area contributed by atoms with Gasteiger partial charge in [0.2, 0.25) is 0 Å². The van der Waals surface area contributed by atoms with E-state index in [1.165, 1.54) is 0 Å². The van der Waals surface area contributed by atoms with Crippen molar-refractivity contribution in [2.24, 2.45) is 0 Å². The fourth-order valence-corrected chi connectivity index (χ4v) is 0. The zero-order valence-electron chi connectivity index (χ0n) is 5.60. The van der Waals surface area contributed by atoms with Gasteiger partial charge in [-0.1, -0.05) is 0 Å². The van der Waals surface area contributed by atoms with E-state index in [0.29, 0.717) is 0 Å². The summed E-state index contributed by atoms with van der Waals surface area (Å²) in [7, 11) is 0. The van der Waals surface area contributed by atoms with Crippen molar-refractivity contribution in [3.63, 3.8) is 0 Å². The number of hydrogen-bond acceptors (Lipinski definition) is 4. The van der Waals surface area contributed by atoms with Crippen molar-refractivity contribution < 1.29 is 54.4 Å². The fourth-order valence-electron chi connectivity index (χ4n) is 0. The summed E-state index contributed by atoms with van der Waals surface area (Å²) in [5, 5.41) is 17.7. The topological polar surface area (TPSA) is 80.3 Å². The summed E-state index contributed by atoms with van der Waals surface area (Å²) < 4.78 is 42.0. The van der Waals surface area contributed by atoms with Crippen LogP contribution in [0.3, 0.4) is 0 Å². The molecule has 0 rings (SSSR count). The minimum atomic E-state index is -3.34. The maximum atomic E-state index is 10.5. The van der Waals surface area contributed by atoms with Gasteiger partial charge in [0.1, 0.15) is 11.9 Å². The minimum Gasteiger partial charge on any atom is -0.544 e. The molecule has 0 spiro atoms. The van der Waals surface area contributed by atoms with Crippen LogP contribution in [-0.4, -0.2) is 24.8 Å². The van der Waals surface area contributed by atoms with Crippen LogP contribution >= 0.6 is 0 Å². The number of carboxylic acids is 2. The van der Waals surface area contributed by atoms with Gasteiger partial charge in [-0.15, -0.1) is 0 Å². The van der Waals surface area contributed by atoms with Crippen LogP contribution in [0, 0.1) is 0 Å². The normalized spacial score (nSPS) is 8.46. The van der Waals surface area contributed by atoms with Gasteiger partial charge in [-0.25, -0.2) is 17.6 Å². The monoisotopic (exact) mass is 253 g/mol. The predicted molar refractivity (Wildman–Crippen MR) is 22.0 cm³/mol. The molecule has 0 aliphatic heterocycles. The first-order chi connectivity index (χ1) is 5.29. The first-order valence-electron chi connectivity index (χ1n) is 2.27. The molecule has 4 nitrogen and oxygen atoms in total. The van der Waals surface area contributed by atoms with Crippen molar-refractivity contribution in [2.75, 3.05) is 0 Å². The Labute approximate surface area is 80.0 Å². The Bertz CT molecular complexity index is 144. The first kappa shape index (κ1) is 18.1. The molecule has 0 amide bonds. The number of carboxylic acid groups (broad SMARTS) is 2. The van der Waals surface area contributed by atoms with Gasteiger partial charge in [0.25, 0.3) is 12.9 Å². The van der Waals surface area contributed by atoms with E-state index in [2.05, 4.69) is 0 Å². The molecule has 0 aromatic heterocycles. The van der Waals surface area contributed by atoms with Crippen molar-refractivity contribution in [2.45, 2.75) is 12.9 Å². The Hall–Kier alpha value is -0.821. The third-order valence-electron chi connectivity index (χ3n) is 0.356. The quantitative estimate of drug-likeness (QED) is 0.421. The number of carbonyl (C=O) groups excluding carboxylic acids is 2. The molecule has 0 saturated heterocycles. The van der Waals surface area contributed by atoms with Crippen LogP contribution in [-0.2, 0) is 26.7 Å². The molecular weight excluding hydrogens is 252 g/mol. The number of halogens is 4. The zero-order valence-corrected chi connectivity index (χ0v) is 6.54. The van der Waals surface area contributed by atoms with E-state index in [1.54, 1.807) is 0 Å². The average Bonchev–Trinajstić information content (AvgIpc) is 1.88. The maximum Gasteiger partial charge on any atom is 2.00 e. The SMILES string of the molecule is O=C([O-])C(F)F.O=C([O-])C(F)F.[Cu+2]. The summed E-state index contributed by atoms with van der Waals surface area (Å²) in [5.41, 5.74) is 0. The Kier molecular flexibility index (Phi) is 12.9. The van der Waals surface area contributed by atoms with Crippen LogP contribution in [0.2, 0.25) is 0 Å². The Morgan fingerprint density at radius 3 is 0.923 bits per heavy atom. The van der Waals surface area contributed by atoms with Gasteiger partial charge in [0, 0.05) is 0 Å². The van der Waals surface area contributed by atoms with Gasteiger partial charge in [0.05, 0.1) is 0 Å². The van der Waals surface area contributed by atoms with Crippen molar-refractivity contribution in [3.05, 3.63) is 0 Å². The molecule has 0 aliphatic rings. The summed E-state index contributed by atoms with van der Waals surface area (Å²) in [4.78, 5) is 17.7. The number of aliphatic carboxylic acids is 2. The Morgan fingerprint density at radius 1 is 0.846 bits per heavy atom. The number of alkyl halides is 4. The summed E-state index contributed by atoms with van der Waals surface area (Å²) in [6.07, 6.45) is -6.69. The second-order valence-electron chi connectivity index (χ2n) is 1.24. The van der Waals surface area contributed by atoms with E-state index in [1.807, 2.05) is 0 Å².